The number of benzene rings is 3. The molecule has 0 unspecified atom stereocenters. The Hall–Kier alpha value is -2.63. The third-order valence-corrected chi connectivity index (χ3v) is 15.4. The molecule has 0 bridgehead atoms. The summed E-state index contributed by atoms with van der Waals surface area (Å²) < 4.78 is 20.9. The van der Waals surface area contributed by atoms with Gasteiger partial charge in [0.05, 0.1) is 25.7 Å². The highest BCUT2D eigenvalue weighted by Gasteiger charge is 2.50. The van der Waals surface area contributed by atoms with Crippen LogP contribution in [0.2, 0.25) is 30.7 Å². The summed E-state index contributed by atoms with van der Waals surface area (Å²) in [7, 11) is -2.17. The van der Waals surface area contributed by atoms with Gasteiger partial charge in [-0.1, -0.05) is 113 Å². The van der Waals surface area contributed by atoms with Gasteiger partial charge < -0.3 is 18.5 Å². The number of hydrogen-bond acceptors (Lipinski definition) is 5. The highest BCUT2D eigenvalue weighted by molar-refractivity contribution is 7.98. The summed E-state index contributed by atoms with van der Waals surface area (Å²) in [6.07, 6.45) is 1.91. The average molecular weight is 619 g/mol. The lowest BCUT2D eigenvalue weighted by molar-refractivity contribution is 0.0816. The monoisotopic (exact) mass is 618 g/mol. The highest BCUT2D eigenvalue weighted by Crippen LogP contribution is 2.38. The van der Waals surface area contributed by atoms with Crippen LogP contribution in [0.25, 0.3) is 0 Å². The molecule has 0 saturated heterocycles. The van der Waals surface area contributed by atoms with Crippen LogP contribution in [0.1, 0.15) is 32.0 Å². The Bertz CT molecular complexity index is 1340. The maximum absolute atomic E-state index is 7.26. The number of aromatic nitrogens is 2. The maximum atomic E-state index is 7.26. The molecule has 0 saturated carbocycles. The number of methoxy groups -OCH3 is 1. The molecule has 1 heterocycles. The topological polar surface area (TPSA) is 45.5 Å². The van der Waals surface area contributed by atoms with Crippen LogP contribution in [0.3, 0.4) is 0 Å². The summed E-state index contributed by atoms with van der Waals surface area (Å²) in [4.78, 5) is 4.90. The lowest BCUT2D eigenvalue weighted by Crippen LogP contribution is -2.66. The molecule has 0 aliphatic heterocycles. The van der Waals surface area contributed by atoms with E-state index in [1.54, 1.807) is 18.9 Å². The Morgan fingerprint density at radius 2 is 1.43 bits per heavy atom. The highest BCUT2D eigenvalue weighted by atomic mass is 32.2. The number of thioether (sulfide) groups is 1. The molecular weight excluding hydrogens is 573 g/mol. The Labute approximate surface area is 258 Å². The first-order valence-electron chi connectivity index (χ1n) is 14.7. The molecule has 0 aliphatic rings. The van der Waals surface area contributed by atoms with Crippen molar-refractivity contribution in [2.75, 3.05) is 13.7 Å². The van der Waals surface area contributed by atoms with Gasteiger partial charge in [0.25, 0.3) is 8.32 Å². The van der Waals surface area contributed by atoms with E-state index in [0.29, 0.717) is 13.3 Å². The van der Waals surface area contributed by atoms with Crippen LogP contribution in [0, 0.1) is 0 Å². The summed E-state index contributed by atoms with van der Waals surface area (Å²) in [6, 6.07) is 31.0. The van der Waals surface area contributed by atoms with Gasteiger partial charge in [-0.2, -0.15) is 0 Å². The largest absolute Gasteiger partial charge is 0.497 e. The fraction of sp³-hybridized carbons (Fsp3) is 0.382. The lowest BCUT2D eigenvalue weighted by atomic mass is 10.2. The van der Waals surface area contributed by atoms with E-state index in [-0.39, 0.29) is 5.04 Å². The number of rotatable bonds is 14. The van der Waals surface area contributed by atoms with Crippen LogP contribution >= 0.6 is 11.8 Å². The first kappa shape index (κ1) is 32.3. The third kappa shape index (κ3) is 8.05. The van der Waals surface area contributed by atoms with Crippen molar-refractivity contribution in [3.05, 3.63) is 103 Å². The van der Waals surface area contributed by atoms with Gasteiger partial charge >= 0.3 is 0 Å². The van der Waals surface area contributed by atoms with Gasteiger partial charge in [0.2, 0.25) is 0 Å². The molecule has 0 aliphatic carbocycles. The van der Waals surface area contributed by atoms with E-state index >= 15 is 0 Å². The van der Waals surface area contributed by atoms with Gasteiger partial charge in [0.15, 0.2) is 0 Å². The van der Waals surface area contributed by atoms with E-state index in [9.17, 15) is 0 Å². The molecule has 0 radical (unpaired) electrons. The molecule has 0 fully saturated rings. The van der Waals surface area contributed by atoms with Crippen LogP contribution in [-0.4, -0.2) is 39.7 Å². The molecule has 224 valence electrons. The summed E-state index contributed by atoms with van der Waals surface area (Å²) in [5.41, 5.74) is 2.18. The van der Waals surface area contributed by atoms with Crippen molar-refractivity contribution < 1.29 is 13.9 Å². The quantitative estimate of drug-likeness (QED) is 0.0829. The van der Waals surface area contributed by atoms with Crippen molar-refractivity contribution in [1.29, 1.82) is 0 Å². The second-order valence-corrected chi connectivity index (χ2v) is 23.8. The number of ether oxygens (including phenoxy) is 2. The maximum Gasteiger partial charge on any atom is 0.261 e. The molecule has 0 amide bonds. The minimum atomic E-state index is -2.69. The third-order valence-electron chi connectivity index (χ3n) is 7.46. The molecular formula is C34H46N2O3SSi2. The van der Waals surface area contributed by atoms with E-state index < -0.39 is 16.4 Å². The van der Waals surface area contributed by atoms with Crippen molar-refractivity contribution in [3.63, 3.8) is 0 Å². The van der Waals surface area contributed by atoms with E-state index in [1.165, 1.54) is 15.9 Å². The first-order valence-corrected chi connectivity index (χ1v) is 21.3. The molecule has 0 atom stereocenters. The normalized spacial score (nSPS) is 12.5. The molecule has 1 aromatic heterocycles. The van der Waals surface area contributed by atoms with E-state index in [1.807, 2.05) is 18.5 Å². The van der Waals surface area contributed by atoms with E-state index in [4.69, 9.17) is 18.9 Å². The van der Waals surface area contributed by atoms with Gasteiger partial charge in [-0.15, -0.1) is 11.8 Å². The Kier molecular flexibility index (Phi) is 10.9. The molecule has 0 spiro atoms. The molecule has 5 nitrogen and oxygen atoms in total. The van der Waals surface area contributed by atoms with E-state index in [2.05, 4.69) is 118 Å². The second-order valence-electron chi connectivity index (χ2n) is 12.9. The number of nitrogens with zero attached hydrogens (tertiary/aromatic N) is 2. The van der Waals surface area contributed by atoms with Gasteiger partial charge in [0.1, 0.15) is 17.5 Å². The SMILES string of the molecule is COc1ccc(CSc2c(CO[Si](c3ccccc3)(c3ccccc3)C(C)(C)C)ncn2COCC[Si](C)(C)C)cc1. The predicted molar refractivity (Wildman–Crippen MR) is 181 cm³/mol. The van der Waals surface area contributed by atoms with Crippen molar-refractivity contribution in [3.8, 4) is 5.75 Å². The standard InChI is InChI=1S/C34H46N2O3SSi2/c1-34(2,3)42(30-14-10-8-11-15-30,31-16-12-9-13-17-31)39-24-32-33(40-25-28-18-20-29(37-4)21-19-28)36(26-35-32)27-38-22-23-41(5,6)7/h8-21,26H,22-25,27H2,1-7H3. The van der Waals surface area contributed by atoms with Crippen LogP contribution < -0.4 is 15.1 Å². The Morgan fingerprint density at radius 3 is 1.95 bits per heavy atom. The Morgan fingerprint density at radius 1 is 0.833 bits per heavy atom. The zero-order valence-corrected chi connectivity index (χ0v) is 29.0. The molecule has 4 aromatic rings. The summed E-state index contributed by atoms with van der Waals surface area (Å²) >= 11 is 1.78. The zero-order chi connectivity index (χ0) is 30.2. The number of hydrogen-bond donors (Lipinski definition) is 0. The van der Waals surface area contributed by atoms with Gasteiger partial charge in [-0.3, -0.25) is 0 Å². The summed E-state index contributed by atoms with van der Waals surface area (Å²) in [6.45, 7) is 15.8. The molecule has 8 heteroatoms. The zero-order valence-electron chi connectivity index (χ0n) is 26.2. The first-order chi connectivity index (χ1) is 20.0. The average Bonchev–Trinajstić information content (AvgIpc) is 3.36. The van der Waals surface area contributed by atoms with Crippen molar-refractivity contribution in [2.24, 2.45) is 0 Å². The van der Waals surface area contributed by atoms with Crippen LogP contribution in [-0.2, 0) is 28.3 Å². The fourth-order valence-electron chi connectivity index (χ4n) is 5.12. The summed E-state index contributed by atoms with van der Waals surface area (Å²) in [5, 5.41) is 3.53. The summed E-state index contributed by atoms with van der Waals surface area (Å²) in [5.74, 6) is 1.68. The van der Waals surface area contributed by atoms with Crippen molar-refractivity contribution >= 4 is 38.5 Å². The van der Waals surface area contributed by atoms with Gasteiger partial charge in [-0.05, 0) is 39.2 Å². The lowest BCUT2D eigenvalue weighted by Gasteiger charge is -2.43. The van der Waals surface area contributed by atoms with Crippen LogP contribution in [0.15, 0.2) is 96.3 Å². The minimum Gasteiger partial charge on any atom is -0.497 e. The second kappa shape index (κ2) is 14.2. The van der Waals surface area contributed by atoms with Crippen LogP contribution in [0.5, 0.6) is 5.75 Å². The minimum absolute atomic E-state index is 0.103. The van der Waals surface area contributed by atoms with E-state index in [0.717, 1.165) is 34.9 Å². The molecule has 3 aromatic carbocycles. The molecule has 4 rings (SSSR count). The predicted octanol–water partition coefficient (Wildman–Crippen LogP) is 7.57. The Balaban J connectivity index is 1.65. The number of imidazole rings is 1. The molecule has 42 heavy (non-hydrogen) atoms. The van der Waals surface area contributed by atoms with Crippen molar-refractivity contribution in [2.45, 2.75) is 75.6 Å². The van der Waals surface area contributed by atoms with Gasteiger partial charge in [0, 0.05) is 20.4 Å². The molecule has 0 N–H and O–H groups in total. The van der Waals surface area contributed by atoms with Gasteiger partial charge in [-0.25, -0.2) is 4.98 Å². The fourth-order valence-corrected chi connectivity index (χ4v) is 11.4. The van der Waals surface area contributed by atoms with Crippen molar-refractivity contribution in [1.82, 2.24) is 9.55 Å². The smallest absolute Gasteiger partial charge is 0.261 e. The van der Waals surface area contributed by atoms with Crippen LogP contribution in [0.4, 0.5) is 0 Å².